The minimum Gasteiger partial charge on any atom is -0.394 e. The zero-order valence-corrected chi connectivity index (χ0v) is 23.2. The van der Waals surface area contributed by atoms with Gasteiger partial charge in [-0.2, -0.15) is 5.06 Å². The van der Waals surface area contributed by atoms with Crippen molar-refractivity contribution in [2.24, 2.45) is 5.41 Å². The van der Waals surface area contributed by atoms with E-state index < -0.39 is 65.0 Å². The van der Waals surface area contributed by atoms with Crippen LogP contribution in [0.5, 0.6) is 0 Å². The summed E-state index contributed by atoms with van der Waals surface area (Å²) in [5.74, 6) is -3.90. The number of amides is 2. The van der Waals surface area contributed by atoms with Crippen LogP contribution in [0.3, 0.4) is 0 Å². The van der Waals surface area contributed by atoms with Crippen molar-refractivity contribution < 1.29 is 33.8 Å². The van der Waals surface area contributed by atoms with Gasteiger partial charge in [-0.25, -0.2) is 8.78 Å². The van der Waals surface area contributed by atoms with Crippen LogP contribution in [0.25, 0.3) is 0 Å². The van der Waals surface area contributed by atoms with Gasteiger partial charge in [0, 0.05) is 18.2 Å². The van der Waals surface area contributed by atoms with Gasteiger partial charge in [-0.3, -0.25) is 9.59 Å². The highest BCUT2D eigenvalue weighted by atomic mass is 35.5. The molecule has 2 heterocycles. The van der Waals surface area contributed by atoms with Gasteiger partial charge in [-0.1, -0.05) is 50.0 Å². The summed E-state index contributed by atoms with van der Waals surface area (Å²) in [5.41, 5.74) is -1.43. The van der Waals surface area contributed by atoms with Crippen molar-refractivity contribution in [2.75, 3.05) is 18.5 Å². The van der Waals surface area contributed by atoms with Gasteiger partial charge in [0.05, 0.1) is 28.8 Å². The van der Waals surface area contributed by atoms with Crippen LogP contribution in [0, 0.1) is 17.0 Å². The lowest BCUT2D eigenvalue weighted by Crippen LogP contribution is -2.50. The zero-order valence-electron chi connectivity index (χ0n) is 21.6. The predicted molar refractivity (Wildman–Crippen MR) is 142 cm³/mol. The molecule has 0 unspecified atom stereocenters. The van der Waals surface area contributed by atoms with Crippen molar-refractivity contribution in [3.63, 3.8) is 0 Å². The molecule has 1 saturated heterocycles. The van der Waals surface area contributed by atoms with Crippen LogP contribution in [0.1, 0.15) is 50.7 Å². The lowest BCUT2D eigenvalue weighted by atomic mass is 9.62. The summed E-state index contributed by atoms with van der Waals surface area (Å²) < 4.78 is 29.2. The minimum atomic E-state index is -1.70. The number of carbonyl (C=O) groups excluding carboxylic acids is 2. The molecule has 2 aromatic rings. The average molecular weight is 586 g/mol. The molecule has 0 saturated carbocycles. The van der Waals surface area contributed by atoms with Crippen LogP contribution in [-0.4, -0.2) is 63.6 Å². The van der Waals surface area contributed by atoms with E-state index in [0.29, 0.717) is 0 Å². The fourth-order valence-electron chi connectivity index (χ4n) is 5.81. The molecule has 2 aliphatic heterocycles. The monoisotopic (exact) mass is 585 g/mol. The maximum Gasteiger partial charge on any atom is 0.240 e. The number of anilines is 1. The van der Waals surface area contributed by atoms with E-state index in [1.807, 2.05) is 20.8 Å². The molecule has 2 amide bonds. The molecule has 0 aliphatic carbocycles. The molecule has 4 rings (SSSR count). The number of nitrogens with zero attached hydrogens (tertiary/aromatic N) is 1. The Hall–Kier alpha value is -2.34. The summed E-state index contributed by atoms with van der Waals surface area (Å²) in [4.78, 5) is 27.7. The van der Waals surface area contributed by atoms with Crippen molar-refractivity contribution in [3.05, 3.63) is 63.1 Å². The quantitative estimate of drug-likeness (QED) is 0.335. The van der Waals surface area contributed by atoms with Gasteiger partial charge in [0.25, 0.3) is 0 Å². The maximum absolute atomic E-state index is 14.9. The normalized spacial score (nSPS) is 25.6. The molecule has 39 heavy (non-hydrogen) atoms. The first-order valence-electron chi connectivity index (χ1n) is 12.5. The number of aliphatic hydroxyl groups is 2. The van der Waals surface area contributed by atoms with Crippen molar-refractivity contribution in [1.29, 1.82) is 0 Å². The molecule has 5 N–H and O–H groups in total. The van der Waals surface area contributed by atoms with Crippen LogP contribution >= 0.6 is 23.2 Å². The molecule has 0 radical (unpaired) electrons. The minimum absolute atomic E-state index is 0.0360. The fraction of sp³-hybridized carbons (Fsp3) is 0.481. The second-order valence-corrected chi connectivity index (χ2v) is 12.1. The molecule has 1 fully saturated rings. The molecule has 5 atom stereocenters. The number of hydroxylamine groups is 2. The lowest BCUT2D eigenvalue weighted by Gasteiger charge is -2.38. The van der Waals surface area contributed by atoms with Gasteiger partial charge in [-0.05, 0) is 53.6 Å². The highest BCUT2D eigenvalue weighted by Gasteiger charge is 2.69. The van der Waals surface area contributed by atoms with Gasteiger partial charge in [0.1, 0.15) is 23.1 Å². The molecular weight excluding hydrogens is 555 g/mol. The number of fused-ring (bicyclic) bond motifs is 2. The third-order valence-electron chi connectivity index (χ3n) is 7.43. The zero-order chi connectivity index (χ0) is 28.9. The summed E-state index contributed by atoms with van der Waals surface area (Å²) in [6.07, 6.45) is -0.818. The molecule has 0 bridgehead atoms. The van der Waals surface area contributed by atoms with Crippen molar-refractivity contribution in [1.82, 2.24) is 10.4 Å². The van der Waals surface area contributed by atoms with E-state index in [2.05, 4.69) is 10.6 Å². The Kier molecular flexibility index (Phi) is 8.29. The third-order valence-corrected chi connectivity index (χ3v) is 8.01. The Labute approximate surface area is 234 Å². The molecule has 8 nitrogen and oxygen atoms in total. The first kappa shape index (κ1) is 29.6. The molecule has 2 aromatic carbocycles. The fourth-order valence-corrected chi connectivity index (χ4v) is 6.16. The van der Waals surface area contributed by atoms with E-state index in [1.54, 1.807) is 0 Å². The number of benzene rings is 2. The van der Waals surface area contributed by atoms with E-state index in [0.717, 1.165) is 17.2 Å². The number of nitrogens with one attached hydrogen (secondary N) is 2. The summed E-state index contributed by atoms with van der Waals surface area (Å²) >= 11 is 12.2. The van der Waals surface area contributed by atoms with Gasteiger partial charge in [0.2, 0.25) is 11.8 Å². The number of hydrogen-bond acceptors (Lipinski definition) is 6. The van der Waals surface area contributed by atoms with E-state index in [1.165, 1.54) is 18.2 Å². The molecular formula is C27H31Cl2F2N3O5. The van der Waals surface area contributed by atoms with Gasteiger partial charge in [0.15, 0.2) is 0 Å². The molecule has 212 valence electrons. The highest BCUT2D eigenvalue weighted by Crippen LogP contribution is 2.59. The maximum atomic E-state index is 14.9. The molecule has 1 spiro atoms. The summed E-state index contributed by atoms with van der Waals surface area (Å²) in [6, 6.07) is 3.79. The van der Waals surface area contributed by atoms with Crippen molar-refractivity contribution >= 4 is 40.7 Å². The predicted octanol–water partition coefficient (Wildman–Crippen LogP) is 3.98. The van der Waals surface area contributed by atoms with E-state index >= 15 is 0 Å². The van der Waals surface area contributed by atoms with Crippen LogP contribution < -0.4 is 10.6 Å². The Morgan fingerprint density at radius 2 is 1.85 bits per heavy atom. The van der Waals surface area contributed by atoms with Crippen LogP contribution in [0.15, 0.2) is 30.3 Å². The molecule has 12 heteroatoms. The molecule has 2 aliphatic rings. The first-order valence-corrected chi connectivity index (χ1v) is 13.3. The Morgan fingerprint density at radius 3 is 2.46 bits per heavy atom. The Bertz CT molecular complexity index is 1290. The van der Waals surface area contributed by atoms with Crippen LogP contribution in [0.4, 0.5) is 14.5 Å². The third kappa shape index (κ3) is 5.26. The van der Waals surface area contributed by atoms with Crippen LogP contribution in [-0.2, 0) is 15.0 Å². The largest absolute Gasteiger partial charge is 0.394 e. The highest BCUT2D eigenvalue weighted by molar-refractivity contribution is 6.31. The van der Waals surface area contributed by atoms with E-state index in [4.69, 9.17) is 28.3 Å². The topological polar surface area (TPSA) is 122 Å². The number of hydrogen-bond donors (Lipinski definition) is 5. The summed E-state index contributed by atoms with van der Waals surface area (Å²) in [6.45, 7) is 5.17. The Morgan fingerprint density at radius 1 is 1.18 bits per heavy atom. The van der Waals surface area contributed by atoms with E-state index in [-0.39, 0.29) is 46.2 Å². The number of carbonyl (C=O) groups is 2. The number of rotatable bonds is 7. The second-order valence-electron chi connectivity index (χ2n) is 11.3. The SMILES string of the molecule is CC(C)(C)C[C@H]1N(O)[C@@H](C(=O)NCC[C@H](O)CO)[C@H](c2ccc(F)c(Cl)c2)[C@@]12C(=O)Nc1cc(Cl)c(F)cc12. The van der Waals surface area contributed by atoms with Gasteiger partial charge >= 0.3 is 0 Å². The summed E-state index contributed by atoms with van der Waals surface area (Å²) in [7, 11) is 0. The lowest BCUT2D eigenvalue weighted by molar-refractivity contribution is -0.164. The number of halogens is 4. The number of aliphatic hydroxyl groups excluding tert-OH is 2. The van der Waals surface area contributed by atoms with E-state index in [9.17, 15) is 28.7 Å². The van der Waals surface area contributed by atoms with Crippen LogP contribution in [0.2, 0.25) is 10.0 Å². The smallest absolute Gasteiger partial charge is 0.240 e. The standard InChI is InChI=1S/C27H31Cl2F2N3O5/c1-26(2,3)11-21-27(15-9-19(31)17(29)10-20(15)33-25(27)38)22(13-4-5-18(30)16(28)8-13)23(34(21)39)24(37)32-7-6-14(36)12-35/h4-5,8-10,14,21-23,35-36,39H,6-7,11-12H2,1-3H3,(H,32,37)(H,33,38)/t14-,21+,22-,23+,27-/m0/s1. The van der Waals surface area contributed by atoms with Crippen molar-refractivity contribution in [3.8, 4) is 0 Å². The summed E-state index contributed by atoms with van der Waals surface area (Å²) in [5, 5.41) is 36.2. The van der Waals surface area contributed by atoms with Gasteiger partial charge in [-0.15, -0.1) is 0 Å². The average Bonchev–Trinajstić information content (AvgIpc) is 3.26. The second kappa shape index (κ2) is 10.9. The van der Waals surface area contributed by atoms with Gasteiger partial charge < -0.3 is 26.1 Å². The first-order chi connectivity index (χ1) is 18.2. The molecule has 0 aromatic heterocycles. The Balaban J connectivity index is 1.96. The van der Waals surface area contributed by atoms with Crippen molar-refractivity contribution in [2.45, 2.75) is 63.1 Å².